The van der Waals surface area contributed by atoms with Gasteiger partial charge in [0.15, 0.2) is 0 Å². The van der Waals surface area contributed by atoms with Crippen LogP contribution in [0.2, 0.25) is 0 Å². The van der Waals surface area contributed by atoms with E-state index in [1.54, 1.807) is 0 Å². The van der Waals surface area contributed by atoms with E-state index >= 15 is 0 Å². The highest BCUT2D eigenvalue weighted by molar-refractivity contribution is 7.18. The van der Waals surface area contributed by atoms with Crippen molar-refractivity contribution in [3.63, 3.8) is 0 Å². The SMILES string of the molecule is Cc1sc2[nH]c(=O)n(/N=C/c3ccc(N(C)C)cc3)c(=O)c2c1C. The van der Waals surface area contributed by atoms with Crippen molar-refractivity contribution in [2.24, 2.45) is 5.10 Å². The molecule has 2 aromatic heterocycles. The maximum absolute atomic E-state index is 12.6. The number of aromatic nitrogens is 2. The van der Waals surface area contributed by atoms with Gasteiger partial charge in [-0.2, -0.15) is 5.10 Å². The number of nitrogens with one attached hydrogen (secondary N) is 1. The summed E-state index contributed by atoms with van der Waals surface area (Å²) in [6.45, 7) is 3.81. The Morgan fingerprint density at radius 2 is 1.83 bits per heavy atom. The van der Waals surface area contributed by atoms with Crippen LogP contribution in [0.1, 0.15) is 16.0 Å². The lowest BCUT2D eigenvalue weighted by molar-refractivity contribution is 0.772. The molecule has 0 saturated carbocycles. The fourth-order valence-corrected chi connectivity index (χ4v) is 3.45. The normalized spacial score (nSPS) is 11.5. The third kappa shape index (κ3) is 2.78. The molecule has 0 aliphatic carbocycles. The predicted molar refractivity (Wildman–Crippen MR) is 99.9 cm³/mol. The zero-order valence-electron chi connectivity index (χ0n) is 14.0. The number of benzene rings is 1. The molecule has 0 atom stereocenters. The quantitative estimate of drug-likeness (QED) is 0.743. The summed E-state index contributed by atoms with van der Waals surface area (Å²) in [5.74, 6) is 0. The highest BCUT2D eigenvalue weighted by atomic mass is 32.1. The maximum Gasteiger partial charge on any atom is 0.350 e. The number of aryl methyl sites for hydroxylation is 2. The summed E-state index contributed by atoms with van der Waals surface area (Å²) in [4.78, 5) is 31.0. The molecule has 0 aliphatic heterocycles. The molecule has 24 heavy (non-hydrogen) atoms. The summed E-state index contributed by atoms with van der Waals surface area (Å²) >= 11 is 1.41. The molecule has 1 aromatic carbocycles. The molecule has 6 nitrogen and oxygen atoms in total. The molecule has 124 valence electrons. The van der Waals surface area contributed by atoms with Gasteiger partial charge in [-0.05, 0) is 37.1 Å². The van der Waals surface area contributed by atoms with E-state index in [4.69, 9.17) is 0 Å². The number of fused-ring (bicyclic) bond motifs is 1. The molecular formula is C17H18N4O2S. The van der Waals surface area contributed by atoms with Crippen molar-refractivity contribution in [3.05, 3.63) is 61.1 Å². The summed E-state index contributed by atoms with van der Waals surface area (Å²) in [6, 6.07) is 7.67. The molecule has 0 saturated heterocycles. The van der Waals surface area contributed by atoms with Gasteiger partial charge >= 0.3 is 5.69 Å². The molecular weight excluding hydrogens is 324 g/mol. The Morgan fingerprint density at radius 3 is 2.46 bits per heavy atom. The molecule has 0 fully saturated rings. The first-order chi connectivity index (χ1) is 11.4. The third-order valence-corrected chi connectivity index (χ3v) is 5.06. The topological polar surface area (TPSA) is 70.5 Å². The number of nitrogens with zero attached hydrogens (tertiary/aromatic N) is 3. The van der Waals surface area contributed by atoms with Gasteiger partial charge < -0.3 is 4.90 Å². The van der Waals surface area contributed by atoms with E-state index in [1.807, 2.05) is 57.1 Å². The van der Waals surface area contributed by atoms with Gasteiger partial charge in [-0.15, -0.1) is 16.0 Å². The van der Waals surface area contributed by atoms with Crippen LogP contribution in [0.3, 0.4) is 0 Å². The molecule has 7 heteroatoms. The highest BCUT2D eigenvalue weighted by Gasteiger charge is 2.13. The van der Waals surface area contributed by atoms with Crippen LogP contribution in [0, 0.1) is 13.8 Å². The number of H-pyrrole nitrogens is 1. The standard InChI is InChI=1S/C17H18N4O2S/c1-10-11(2)24-15-14(10)16(22)21(17(23)19-15)18-9-12-5-7-13(8-6-12)20(3)4/h5-9H,1-4H3,(H,19,23)/b18-9+. The van der Waals surface area contributed by atoms with Crippen LogP contribution < -0.4 is 16.1 Å². The Morgan fingerprint density at radius 1 is 1.17 bits per heavy atom. The number of hydrogen-bond donors (Lipinski definition) is 1. The Bertz CT molecular complexity index is 1040. The summed E-state index contributed by atoms with van der Waals surface area (Å²) in [6.07, 6.45) is 1.51. The van der Waals surface area contributed by atoms with Crippen molar-refractivity contribution < 1.29 is 0 Å². The second-order valence-electron chi connectivity index (χ2n) is 5.77. The van der Waals surface area contributed by atoms with Crippen molar-refractivity contribution in [2.75, 3.05) is 19.0 Å². The molecule has 3 rings (SSSR count). The molecule has 3 aromatic rings. The summed E-state index contributed by atoms with van der Waals surface area (Å²) in [5.41, 5.74) is 1.83. The Hall–Kier alpha value is -2.67. The van der Waals surface area contributed by atoms with Crippen LogP contribution in [0.5, 0.6) is 0 Å². The fraction of sp³-hybridized carbons (Fsp3) is 0.235. The second-order valence-corrected chi connectivity index (χ2v) is 6.99. The second kappa shape index (κ2) is 6.09. The Labute approximate surface area is 142 Å². The lowest BCUT2D eigenvalue weighted by atomic mass is 10.2. The monoisotopic (exact) mass is 342 g/mol. The van der Waals surface area contributed by atoms with Crippen LogP contribution >= 0.6 is 11.3 Å². The first-order valence-corrected chi connectivity index (χ1v) is 8.27. The fourth-order valence-electron chi connectivity index (χ4n) is 2.41. The summed E-state index contributed by atoms with van der Waals surface area (Å²) < 4.78 is 0.876. The van der Waals surface area contributed by atoms with E-state index < -0.39 is 11.2 Å². The largest absolute Gasteiger partial charge is 0.378 e. The van der Waals surface area contributed by atoms with Gasteiger partial charge in [0.1, 0.15) is 4.83 Å². The van der Waals surface area contributed by atoms with Crippen molar-refractivity contribution in [1.82, 2.24) is 9.66 Å². The molecule has 0 radical (unpaired) electrons. The zero-order chi connectivity index (χ0) is 17.4. The van der Waals surface area contributed by atoms with Crippen molar-refractivity contribution >= 4 is 33.5 Å². The first kappa shape index (κ1) is 16.2. The number of rotatable bonds is 3. The maximum atomic E-state index is 12.6. The van der Waals surface area contributed by atoms with Gasteiger partial charge in [0.25, 0.3) is 5.56 Å². The smallest absolute Gasteiger partial charge is 0.350 e. The van der Waals surface area contributed by atoms with Crippen molar-refractivity contribution in [1.29, 1.82) is 0 Å². The molecule has 0 amide bonds. The molecule has 2 heterocycles. The summed E-state index contributed by atoms with van der Waals surface area (Å²) in [7, 11) is 3.92. The minimum Gasteiger partial charge on any atom is -0.378 e. The predicted octanol–water partition coefficient (Wildman–Crippen LogP) is 2.32. The van der Waals surface area contributed by atoms with Gasteiger partial charge in [-0.1, -0.05) is 12.1 Å². The van der Waals surface area contributed by atoms with E-state index in [2.05, 4.69) is 10.1 Å². The van der Waals surface area contributed by atoms with Gasteiger partial charge in [0.05, 0.1) is 11.6 Å². The van der Waals surface area contributed by atoms with Crippen LogP contribution in [-0.2, 0) is 0 Å². The highest BCUT2D eigenvalue weighted by Crippen LogP contribution is 2.24. The average molecular weight is 342 g/mol. The number of thiophene rings is 1. The van der Waals surface area contributed by atoms with Crippen molar-refractivity contribution in [2.45, 2.75) is 13.8 Å². The van der Waals surface area contributed by atoms with Crippen LogP contribution in [0.25, 0.3) is 10.2 Å². The number of aromatic amines is 1. The lowest BCUT2D eigenvalue weighted by Crippen LogP contribution is -2.32. The van der Waals surface area contributed by atoms with Gasteiger partial charge in [0, 0.05) is 24.7 Å². The van der Waals surface area contributed by atoms with Crippen molar-refractivity contribution in [3.8, 4) is 0 Å². The molecule has 0 bridgehead atoms. The van der Waals surface area contributed by atoms with Gasteiger partial charge in [-0.25, -0.2) is 4.79 Å². The first-order valence-electron chi connectivity index (χ1n) is 7.45. The van der Waals surface area contributed by atoms with E-state index in [-0.39, 0.29) is 0 Å². The Kier molecular flexibility index (Phi) is 4.11. The molecule has 0 spiro atoms. The number of anilines is 1. The van der Waals surface area contributed by atoms with Crippen LogP contribution in [-0.4, -0.2) is 30.0 Å². The third-order valence-electron chi connectivity index (χ3n) is 3.94. The van der Waals surface area contributed by atoms with E-state index in [0.29, 0.717) is 10.2 Å². The van der Waals surface area contributed by atoms with Crippen LogP contribution in [0.15, 0.2) is 39.0 Å². The zero-order valence-corrected chi connectivity index (χ0v) is 14.8. The molecule has 0 unspecified atom stereocenters. The van der Waals surface area contributed by atoms with Crippen LogP contribution in [0.4, 0.5) is 5.69 Å². The van der Waals surface area contributed by atoms with Gasteiger partial charge in [0.2, 0.25) is 0 Å². The van der Waals surface area contributed by atoms with Gasteiger partial charge in [-0.3, -0.25) is 9.78 Å². The van der Waals surface area contributed by atoms with E-state index in [0.717, 1.165) is 26.4 Å². The summed E-state index contributed by atoms with van der Waals surface area (Å²) in [5, 5.41) is 4.60. The average Bonchev–Trinajstić information content (AvgIpc) is 2.82. The molecule has 1 N–H and O–H groups in total. The van der Waals surface area contributed by atoms with E-state index in [1.165, 1.54) is 17.6 Å². The number of hydrogen-bond acceptors (Lipinski definition) is 5. The Balaban J connectivity index is 2.05. The minimum absolute atomic E-state index is 0.392. The lowest BCUT2D eigenvalue weighted by Gasteiger charge is -2.11. The molecule has 0 aliphatic rings. The minimum atomic E-state index is -0.532. The van der Waals surface area contributed by atoms with E-state index in [9.17, 15) is 9.59 Å².